The molecule has 25 heavy (non-hydrogen) atoms. The monoisotopic (exact) mass is 344 g/mol. The average molecular weight is 344 g/mol. The fourth-order valence-electron chi connectivity index (χ4n) is 6.81. The molecule has 4 aliphatic carbocycles. The molecule has 2 fully saturated rings. The van der Waals surface area contributed by atoms with Gasteiger partial charge in [-0.05, 0) is 73.3 Å². The largest absolute Gasteiger partial charge is 0.501 e. The van der Waals surface area contributed by atoms with Crippen LogP contribution in [0.1, 0.15) is 65.7 Å². The molecule has 3 nitrogen and oxygen atoms in total. The number of hydrogen-bond donors (Lipinski definition) is 0. The second-order valence-corrected chi connectivity index (χ2v) is 9.22. The molecule has 138 valence electrons. The van der Waals surface area contributed by atoms with Crippen molar-refractivity contribution in [3.05, 3.63) is 23.5 Å². The predicted molar refractivity (Wildman–Crippen MR) is 97.7 cm³/mol. The highest BCUT2D eigenvalue weighted by Gasteiger charge is 2.59. The molecule has 0 aliphatic heterocycles. The van der Waals surface area contributed by atoms with Gasteiger partial charge in [-0.25, -0.2) is 0 Å². The predicted octanol–water partition coefficient (Wildman–Crippen LogP) is 5.02. The number of esters is 1. The van der Waals surface area contributed by atoms with Gasteiger partial charge in [0.2, 0.25) is 0 Å². The lowest BCUT2D eigenvalue weighted by Gasteiger charge is -2.56. The topological polar surface area (TPSA) is 35.5 Å². The molecule has 0 aromatic heterocycles. The molecule has 0 radical (unpaired) electrons. The Morgan fingerprint density at radius 1 is 1.16 bits per heavy atom. The van der Waals surface area contributed by atoms with Gasteiger partial charge in [-0.15, -0.1) is 0 Å². The molecular formula is C22H32O3. The van der Waals surface area contributed by atoms with Crippen LogP contribution in [-0.4, -0.2) is 19.2 Å². The summed E-state index contributed by atoms with van der Waals surface area (Å²) >= 11 is 0. The Balaban J connectivity index is 1.63. The zero-order valence-corrected chi connectivity index (χ0v) is 16.1. The first-order chi connectivity index (χ1) is 11.9. The molecule has 0 N–H and O–H groups in total. The maximum absolute atomic E-state index is 11.5. The highest BCUT2D eigenvalue weighted by atomic mass is 16.5. The second kappa shape index (κ2) is 5.89. The van der Waals surface area contributed by atoms with E-state index in [2.05, 4.69) is 26.0 Å². The fourth-order valence-corrected chi connectivity index (χ4v) is 6.81. The minimum absolute atomic E-state index is 0.115. The first kappa shape index (κ1) is 17.2. The van der Waals surface area contributed by atoms with Crippen LogP contribution in [0.4, 0.5) is 0 Å². The van der Waals surface area contributed by atoms with Crippen molar-refractivity contribution in [2.45, 2.75) is 71.8 Å². The van der Waals surface area contributed by atoms with Crippen molar-refractivity contribution in [2.24, 2.45) is 28.6 Å². The van der Waals surface area contributed by atoms with Crippen LogP contribution >= 0.6 is 0 Å². The molecule has 0 heterocycles. The maximum Gasteiger partial charge on any atom is 0.302 e. The third-order valence-corrected chi connectivity index (χ3v) is 8.22. The standard InChI is InChI=1S/C22H32O3/c1-14(23)25-20-8-7-18-17-6-5-15-13-16(24-4)9-11-21(15,2)19(17)10-12-22(18,20)3/h5,13,17-20H,6-12H2,1-4H3/t17?,18?,19?,20?,21-,22-/m0/s1. The molecule has 0 spiro atoms. The number of hydrogen-bond acceptors (Lipinski definition) is 3. The molecule has 0 aromatic rings. The zero-order chi connectivity index (χ0) is 17.8. The fraction of sp³-hybridized carbons (Fsp3) is 0.773. The third-order valence-electron chi connectivity index (χ3n) is 8.22. The third kappa shape index (κ3) is 2.49. The molecule has 0 amide bonds. The molecule has 6 atom stereocenters. The summed E-state index contributed by atoms with van der Waals surface area (Å²) < 4.78 is 11.3. The molecule has 0 saturated heterocycles. The van der Waals surface area contributed by atoms with E-state index < -0.39 is 0 Å². The number of allylic oxidation sites excluding steroid dienone is 4. The van der Waals surface area contributed by atoms with Crippen molar-refractivity contribution >= 4 is 5.97 Å². The van der Waals surface area contributed by atoms with Crippen molar-refractivity contribution in [3.63, 3.8) is 0 Å². The van der Waals surface area contributed by atoms with Crippen LogP contribution in [0.15, 0.2) is 23.5 Å². The number of rotatable bonds is 2. The first-order valence-electron chi connectivity index (χ1n) is 10.0. The zero-order valence-electron chi connectivity index (χ0n) is 16.1. The maximum atomic E-state index is 11.5. The van der Waals surface area contributed by atoms with Gasteiger partial charge in [0.1, 0.15) is 6.10 Å². The van der Waals surface area contributed by atoms with Crippen LogP contribution in [0.3, 0.4) is 0 Å². The van der Waals surface area contributed by atoms with Crippen LogP contribution in [0.25, 0.3) is 0 Å². The highest BCUT2D eigenvalue weighted by Crippen LogP contribution is 2.64. The average Bonchev–Trinajstić information content (AvgIpc) is 2.90. The lowest BCUT2D eigenvalue weighted by molar-refractivity contribution is -0.156. The van der Waals surface area contributed by atoms with Gasteiger partial charge >= 0.3 is 5.97 Å². The molecular weight excluding hydrogens is 312 g/mol. The van der Waals surface area contributed by atoms with Gasteiger partial charge in [-0.3, -0.25) is 4.79 Å². The van der Waals surface area contributed by atoms with E-state index in [0.717, 1.165) is 30.4 Å². The number of carbonyl (C=O) groups is 1. The Morgan fingerprint density at radius 2 is 1.96 bits per heavy atom. The minimum Gasteiger partial charge on any atom is -0.501 e. The minimum atomic E-state index is -0.115. The summed E-state index contributed by atoms with van der Waals surface area (Å²) in [7, 11) is 1.79. The molecule has 2 saturated carbocycles. The van der Waals surface area contributed by atoms with Gasteiger partial charge in [0.25, 0.3) is 0 Å². The SMILES string of the molecule is COC1=CC2=CCC3C4CCC(OC(C)=O)[C@@]4(C)CCC3[C@@]2(C)CC1. The summed E-state index contributed by atoms with van der Waals surface area (Å²) in [6.07, 6.45) is 13.1. The van der Waals surface area contributed by atoms with Gasteiger partial charge in [0, 0.05) is 18.8 Å². The van der Waals surface area contributed by atoms with Crippen molar-refractivity contribution < 1.29 is 14.3 Å². The van der Waals surface area contributed by atoms with Crippen molar-refractivity contribution in [1.82, 2.24) is 0 Å². The smallest absolute Gasteiger partial charge is 0.302 e. The van der Waals surface area contributed by atoms with E-state index in [1.165, 1.54) is 37.7 Å². The van der Waals surface area contributed by atoms with E-state index >= 15 is 0 Å². The second-order valence-electron chi connectivity index (χ2n) is 9.22. The number of methoxy groups -OCH3 is 1. The Morgan fingerprint density at radius 3 is 2.68 bits per heavy atom. The summed E-state index contributed by atoms with van der Waals surface area (Å²) in [5, 5.41) is 0. The molecule has 4 unspecified atom stereocenters. The van der Waals surface area contributed by atoms with Gasteiger partial charge < -0.3 is 9.47 Å². The lowest BCUT2D eigenvalue weighted by Crippen LogP contribution is -2.50. The van der Waals surface area contributed by atoms with Crippen molar-refractivity contribution in [1.29, 1.82) is 0 Å². The van der Waals surface area contributed by atoms with E-state index in [9.17, 15) is 4.79 Å². The van der Waals surface area contributed by atoms with Crippen LogP contribution < -0.4 is 0 Å². The van der Waals surface area contributed by atoms with E-state index in [4.69, 9.17) is 9.47 Å². The Kier molecular flexibility index (Phi) is 4.05. The van der Waals surface area contributed by atoms with E-state index in [0.29, 0.717) is 11.3 Å². The molecule has 0 aromatic carbocycles. The number of fused-ring (bicyclic) bond motifs is 5. The Labute approximate surface area is 151 Å². The van der Waals surface area contributed by atoms with E-state index in [1.54, 1.807) is 14.0 Å². The van der Waals surface area contributed by atoms with Gasteiger partial charge in [0.05, 0.1) is 12.9 Å². The quantitative estimate of drug-likeness (QED) is 0.660. The first-order valence-corrected chi connectivity index (χ1v) is 10.0. The normalized spacial score (nSPS) is 45.4. The van der Waals surface area contributed by atoms with Crippen LogP contribution in [0.2, 0.25) is 0 Å². The summed E-state index contributed by atoms with van der Waals surface area (Å²) in [6.45, 7) is 6.43. The lowest BCUT2D eigenvalue weighted by atomic mass is 9.48. The van der Waals surface area contributed by atoms with Crippen LogP contribution in [0, 0.1) is 28.6 Å². The summed E-state index contributed by atoms with van der Waals surface area (Å²) in [4.78, 5) is 11.5. The van der Waals surface area contributed by atoms with Crippen LogP contribution in [0.5, 0.6) is 0 Å². The summed E-state index contributed by atoms with van der Waals surface area (Å²) in [5.41, 5.74) is 1.98. The molecule has 4 aliphatic rings. The van der Waals surface area contributed by atoms with E-state index in [1.807, 2.05) is 0 Å². The van der Waals surface area contributed by atoms with Crippen molar-refractivity contribution in [2.75, 3.05) is 7.11 Å². The molecule has 3 heteroatoms. The van der Waals surface area contributed by atoms with Gasteiger partial charge in [-0.1, -0.05) is 19.9 Å². The highest BCUT2D eigenvalue weighted by molar-refractivity contribution is 5.66. The van der Waals surface area contributed by atoms with Crippen LogP contribution in [-0.2, 0) is 14.3 Å². The van der Waals surface area contributed by atoms with Gasteiger partial charge in [-0.2, -0.15) is 0 Å². The van der Waals surface area contributed by atoms with E-state index in [-0.39, 0.29) is 17.5 Å². The molecule has 0 bridgehead atoms. The Bertz CT molecular complexity index is 633. The number of carbonyl (C=O) groups excluding carboxylic acids is 1. The van der Waals surface area contributed by atoms with Gasteiger partial charge in [0.15, 0.2) is 0 Å². The summed E-state index contributed by atoms with van der Waals surface area (Å²) in [6, 6.07) is 0. The summed E-state index contributed by atoms with van der Waals surface area (Å²) in [5.74, 6) is 3.22. The number of ether oxygens (including phenoxy) is 2. The van der Waals surface area contributed by atoms with Crippen molar-refractivity contribution in [3.8, 4) is 0 Å². The molecule has 4 rings (SSSR count). The Hall–Kier alpha value is -1.25.